The second-order valence-electron chi connectivity index (χ2n) is 6.48. The number of likely N-dealkylation sites (tertiary alicyclic amines) is 1. The van der Waals surface area contributed by atoms with Crippen molar-refractivity contribution in [3.8, 4) is 0 Å². The molecule has 1 amide bonds. The molecule has 5 nitrogen and oxygen atoms in total. The first-order valence-electron chi connectivity index (χ1n) is 7.81. The summed E-state index contributed by atoms with van der Waals surface area (Å²) in [7, 11) is -1.28. The van der Waals surface area contributed by atoms with Gasteiger partial charge in [-0.3, -0.25) is 13.8 Å². The Hall–Kier alpha value is -0.910. The number of aliphatic carboxylic acids is 1. The third-order valence-corrected chi connectivity index (χ3v) is 6.48. The minimum atomic E-state index is -1.28. The number of rotatable bonds is 6. The van der Waals surface area contributed by atoms with Crippen molar-refractivity contribution in [2.45, 2.75) is 57.1 Å². The van der Waals surface area contributed by atoms with E-state index in [9.17, 15) is 13.8 Å². The van der Waals surface area contributed by atoms with Gasteiger partial charge >= 0.3 is 5.97 Å². The molecule has 2 atom stereocenters. The van der Waals surface area contributed by atoms with Gasteiger partial charge in [0.2, 0.25) is 5.91 Å². The van der Waals surface area contributed by atoms with Gasteiger partial charge in [0.1, 0.15) is 5.25 Å². The van der Waals surface area contributed by atoms with E-state index in [4.69, 9.17) is 5.11 Å². The summed E-state index contributed by atoms with van der Waals surface area (Å²) in [6.07, 6.45) is 6.06. The lowest BCUT2D eigenvalue weighted by Crippen LogP contribution is -2.41. The first kappa shape index (κ1) is 16.5. The van der Waals surface area contributed by atoms with E-state index in [1.807, 2.05) is 4.90 Å². The smallest absolute Gasteiger partial charge is 0.303 e. The van der Waals surface area contributed by atoms with Crippen LogP contribution in [0.1, 0.15) is 51.9 Å². The van der Waals surface area contributed by atoms with E-state index in [1.165, 1.54) is 0 Å². The van der Waals surface area contributed by atoms with Gasteiger partial charge in [-0.25, -0.2) is 0 Å². The zero-order valence-electron chi connectivity index (χ0n) is 12.7. The van der Waals surface area contributed by atoms with Crippen LogP contribution in [0.15, 0.2) is 0 Å². The largest absolute Gasteiger partial charge is 0.481 e. The van der Waals surface area contributed by atoms with E-state index in [1.54, 1.807) is 6.92 Å². The highest BCUT2D eigenvalue weighted by molar-refractivity contribution is 7.86. The van der Waals surface area contributed by atoms with Crippen LogP contribution in [0.4, 0.5) is 0 Å². The van der Waals surface area contributed by atoms with Crippen LogP contribution in [0.2, 0.25) is 0 Å². The summed E-state index contributed by atoms with van der Waals surface area (Å²) in [6.45, 7) is 3.25. The molecule has 0 aromatic carbocycles. The second kappa shape index (κ2) is 6.90. The molecule has 2 fully saturated rings. The van der Waals surface area contributed by atoms with Crippen LogP contribution in [-0.4, -0.2) is 50.2 Å². The Morgan fingerprint density at radius 3 is 2.24 bits per heavy atom. The van der Waals surface area contributed by atoms with Gasteiger partial charge in [-0.15, -0.1) is 0 Å². The van der Waals surface area contributed by atoms with E-state index >= 15 is 0 Å². The average Bonchev–Trinajstić information content (AvgIpc) is 3.20. The number of carboxylic acids is 1. The van der Waals surface area contributed by atoms with Crippen LogP contribution in [0.25, 0.3) is 0 Å². The number of nitrogens with zero attached hydrogens (tertiary/aromatic N) is 1. The number of carbonyl (C=O) groups excluding carboxylic acids is 1. The average molecular weight is 315 g/mol. The molecule has 2 rings (SSSR count). The van der Waals surface area contributed by atoms with Crippen molar-refractivity contribution in [3.05, 3.63) is 0 Å². The van der Waals surface area contributed by atoms with Crippen molar-refractivity contribution >= 4 is 22.7 Å². The summed E-state index contributed by atoms with van der Waals surface area (Å²) in [5.41, 5.74) is -0.315. The fraction of sp³-hybridized carbons (Fsp3) is 0.867. The maximum absolute atomic E-state index is 12.4. The first-order valence-corrected chi connectivity index (χ1v) is 9.19. The summed E-state index contributed by atoms with van der Waals surface area (Å²) >= 11 is 0. The van der Waals surface area contributed by atoms with E-state index in [-0.39, 0.29) is 17.7 Å². The SMILES string of the molecule is CC(C(=O)N1CCCCCC1)S(=O)CC1(CC(=O)O)CC1. The second-order valence-corrected chi connectivity index (χ2v) is 8.23. The van der Waals surface area contributed by atoms with E-state index in [0.29, 0.717) is 5.75 Å². The molecule has 1 aliphatic carbocycles. The number of carboxylic acid groups (broad SMARTS) is 1. The van der Waals surface area contributed by atoms with Crippen LogP contribution < -0.4 is 0 Å². The highest BCUT2D eigenvalue weighted by atomic mass is 32.2. The molecular weight excluding hydrogens is 290 g/mol. The maximum Gasteiger partial charge on any atom is 0.303 e. The molecule has 2 aliphatic rings. The van der Waals surface area contributed by atoms with Crippen molar-refractivity contribution < 1.29 is 18.9 Å². The summed E-state index contributed by atoms with van der Waals surface area (Å²) in [6, 6.07) is 0. The standard InChI is InChI=1S/C15H25NO4S/c1-12(14(19)16-8-4-2-3-5-9-16)21(20)11-15(6-7-15)10-13(17)18/h12H,2-11H2,1H3,(H,17,18). The molecule has 0 spiro atoms. The third-order valence-electron chi connectivity index (χ3n) is 4.59. The van der Waals surface area contributed by atoms with Crippen molar-refractivity contribution in [1.29, 1.82) is 0 Å². The van der Waals surface area contributed by atoms with Crippen LogP contribution in [0.5, 0.6) is 0 Å². The van der Waals surface area contributed by atoms with Gasteiger partial charge in [0.05, 0.1) is 6.42 Å². The lowest BCUT2D eigenvalue weighted by atomic mass is 10.1. The Kier molecular flexibility index (Phi) is 5.41. The van der Waals surface area contributed by atoms with E-state index < -0.39 is 22.0 Å². The first-order chi connectivity index (χ1) is 9.93. The molecular formula is C15H25NO4S. The van der Waals surface area contributed by atoms with Crippen molar-refractivity contribution in [3.63, 3.8) is 0 Å². The number of hydrogen-bond acceptors (Lipinski definition) is 3. The molecule has 1 heterocycles. The van der Waals surface area contributed by atoms with Crippen molar-refractivity contribution in [2.75, 3.05) is 18.8 Å². The molecule has 120 valence electrons. The van der Waals surface area contributed by atoms with E-state index in [2.05, 4.69) is 0 Å². The van der Waals surface area contributed by atoms with Gasteiger partial charge in [-0.1, -0.05) is 12.8 Å². The summed E-state index contributed by atoms with van der Waals surface area (Å²) in [4.78, 5) is 25.1. The van der Waals surface area contributed by atoms with Gasteiger partial charge in [0, 0.05) is 29.6 Å². The van der Waals surface area contributed by atoms with Crippen LogP contribution in [0.3, 0.4) is 0 Å². The Bertz CT molecular complexity index is 425. The highest BCUT2D eigenvalue weighted by Gasteiger charge is 2.46. The quantitative estimate of drug-likeness (QED) is 0.811. The van der Waals surface area contributed by atoms with Gasteiger partial charge in [0.15, 0.2) is 0 Å². The fourth-order valence-electron chi connectivity index (χ4n) is 2.96. The Morgan fingerprint density at radius 1 is 1.19 bits per heavy atom. The molecule has 1 saturated carbocycles. The molecule has 0 bridgehead atoms. The van der Waals surface area contributed by atoms with Gasteiger partial charge in [-0.05, 0) is 38.0 Å². The Balaban J connectivity index is 1.89. The number of amides is 1. The molecule has 2 unspecified atom stereocenters. The van der Waals surface area contributed by atoms with Crippen molar-refractivity contribution in [1.82, 2.24) is 4.90 Å². The predicted molar refractivity (Wildman–Crippen MR) is 81.4 cm³/mol. The highest BCUT2D eigenvalue weighted by Crippen LogP contribution is 2.49. The molecule has 1 aliphatic heterocycles. The topological polar surface area (TPSA) is 74.7 Å². The Morgan fingerprint density at radius 2 is 1.76 bits per heavy atom. The van der Waals surface area contributed by atoms with Crippen molar-refractivity contribution in [2.24, 2.45) is 5.41 Å². The number of carbonyl (C=O) groups is 2. The number of hydrogen-bond donors (Lipinski definition) is 1. The minimum Gasteiger partial charge on any atom is -0.481 e. The lowest BCUT2D eigenvalue weighted by molar-refractivity contribution is -0.138. The summed E-state index contributed by atoms with van der Waals surface area (Å²) < 4.78 is 12.4. The minimum absolute atomic E-state index is 0.0265. The van der Waals surface area contributed by atoms with Gasteiger partial charge in [-0.2, -0.15) is 0 Å². The fourth-order valence-corrected chi connectivity index (χ4v) is 4.58. The van der Waals surface area contributed by atoms with Crippen LogP contribution in [0, 0.1) is 5.41 Å². The van der Waals surface area contributed by atoms with Crippen LogP contribution >= 0.6 is 0 Å². The molecule has 1 N–H and O–H groups in total. The predicted octanol–water partition coefficient (Wildman–Crippen LogP) is 1.78. The molecule has 0 aromatic heterocycles. The molecule has 0 radical (unpaired) electrons. The molecule has 1 saturated heterocycles. The summed E-state index contributed by atoms with van der Waals surface area (Å²) in [5, 5.41) is 8.39. The lowest BCUT2D eigenvalue weighted by Gasteiger charge is -2.24. The van der Waals surface area contributed by atoms with Crippen LogP contribution in [-0.2, 0) is 20.4 Å². The zero-order chi connectivity index (χ0) is 15.5. The monoisotopic (exact) mass is 315 g/mol. The molecule has 0 aromatic rings. The third kappa shape index (κ3) is 4.53. The normalized spacial score (nSPS) is 24.0. The van der Waals surface area contributed by atoms with Gasteiger partial charge in [0.25, 0.3) is 0 Å². The Labute approximate surface area is 128 Å². The van der Waals surface area contributed by atoms with Gasteiger partial charge < -0.3 is 10.0 Å². The zero-order valence-corrected chi connectivity index (χ0v) is 13.5. The summed E-state index contributed by atoms with van der Waals surface area (Å²) in [5.74, 6) is -0.516. The van der Waals surface area contributed by atoms with E-state index in [0.717, 1.165) is 51.6 Å². The maximum atomic E-state index is 12.4. The molecule has 6 heteroatoms. The molecule has 21 heavy (non-hydrogen) atoms.